The lowest BCUT2D eigenvalue weighted by Crippen LogP contribution is -2.48. The number of nitrogens with one attached hydrogen (secondary N) is 2. The van der Waals surface area contributed by atoms with Crippen LogP contribution in [-0.4, -0.2) is 82.8 Å². The Balaban J connectivity index is 1.47. The van der Waals surface area contributed by atoms with Gasteiger partial charge in [0, 0.05) is 43.9 Å². The van der Waals surface area contributed by atoms with Gasteiger partial charge in [-0.05, 0) is 37.8 Å². The largest absolute Gasteiger partial charge is 0.378 e. The molecule has 2 N–H and O–H groups in total. The molecule has 3 heterocycles. The molecular formula is C33H43N7O4. The Morgan fingerprint density at radius 3 is 2.43 bits per heavy atom. The van der Waals surface area contributed by atoms with Crippen LogP contribution < -0.4 is 15.5 Å². The van der Waals surface area contributed by atoms with Crippen molar-refractivity contribution in [1.82, 2.24) is 30.3 Å². The number of morpholine rings is 1. The van der Waals surface area contributed by atoms with Gasteiger partial charge >= 0.3 is 0 Å². The summed E-state index contributed by atoms with van der Waals surface area (Å²) in [4.78, 5) is 49.4. The SMILES string of the molecule is CC(C)C[C@H]1NC(=O)CCCN(C(=O)c2ccccc2N2CCOCC2)CCn2nc(-c3ccccc3)nc2[C@@H](C)NC1=O. The molecule has 5 rings (SSSR count). The summed E-state index contributed by atoms with van der Waals surface area (Å²) in [6.07, 6.45) is 1.18. The quantitative estimate of drug-likeness (QED) is 0.460. The topological polar surface area (TPSA) is 122 Å². The lowest BCUT2D eigenvalue weighted by Gasteiger charge is -2.32. The summed E-state index contributed by atoms with van der Waals surface area (Å²) in [6.45, 7) is 9.71. The first kappa shape index (κ1) is 31.2. The molecule has 3 aromatic rings. The van der Waals surface area contributed by atoms with Crippen LogP contribution in [0.3, 0.4) is 0 Å². The number of fused-ring (bicyclic) bond motifs is 1. The van der Waals surface area contributed by atoms with Crippen molar-refractivity contribution in [2.45, 2.75) is 58.7 Å². The average Bonchev–Trinajstić information content (AvgIpc) is 3.47. The summed E-state index contributed by atoms with van der Waals surface area (Å²) in [5, 5.41) is 10.8. The number of ether oxygens (including phenoxy) is 1. The molecule has 0 spiro atoms. The highest BCUT2D eigenvalue weighted by molar-refractivity contribution is 6.00. The van der Waals surface area contributed by atoms with Crippen LogP contribution in [0.4, 0.5) is 5.69 Å². The van der Waals surface area contributed by atoms with E-state index in [1.165, 1.54) is 0 Å². The summed E-state index contributed by atoms with van der Waals surface area (Å²) in [7, 11) is 0. The summed E-state index contributed by atoms with van der Waals surface area (Å²) in [6, 6.07) is 16.2. The first-order valence-corrected chi connectivity index (χ1v) is 15.6. The molecular weight excluding hydrogens is 558 g/mol. The van der Waals surface area contributed by atoms with E-state index in [2.05, 4.69) is 15.5 Å². The second-order valence-electron chi connectivity index (χ2n) is 11.9. The van der Waals surface area contributed by atoms with Crippen LogP contribution in [0, 0.1) is 5.92 Å². The molecule has 2 aliphatic rings. The van der Waals surface area contributed by atoms with Crippen molar-refractivity contribution < 1.29 is 19.1 Å². The van der Waals surface area contributed by atoms with Crippen LogP contribution in [0.5, 0.6) is 0 Å². The first-order chi connectivity index (χ1) is 21.3. The molecule has 1 saturated heterocycles. The zero-order valence-electron chi connectivity index (χ0n) is 25.9. The van der Waals surface area contributed by atoms with Crippen molar-refractivity contribution in [2.75, 3.05) is 44.3 Å². The lowest BCUT2D eigenvalue weighted by molar-refractivity contribution is -0.129. The molecule has 1 fully saturated rings. The van der Waals surface area contributed by atoms with E-state index < -0.39 is 12.1 Å². The number of para-hydroxylation sites is 1. The fraction of sp³-hybridized carbons (Fsp3) is 0.485. The Bertz CT molecular complexity index is 1430. The predicted octanol–water partition coefficient (Wildman–Crippen LogP) is 3.43. The van der Waals surface area contributed by atoms with Crippen molar-refractivity contribution in [2.24, 2.45) is 5.92 Å². The van der Waals surface area contributed by atoms with Gasteiger partial charge in [0.15, 0.2) is 5.82 Å². The molecule has 3 amide bonds. The number of hydrogen-bond donors (Lipinski definition) is 2. The molecule has 0 saturated carbocycles. The van der Waals surface area contributed by atoms with E-state index in [4.69, 9.17) is 14.8 Å². The highest BCUT2D eigenvalue weighted by Crippen LogP contribution is 2.24. The molecule has 0 aliphatic carbocycles. The van der Waals surface area contributed by atoms with E-state index in [0.717, 1.165) is 24.3 Å². The normalized spacial score (nSPS) is 20.5. The molecule has 0 unspecified atom stereocenters. The summed E-state index contributed by atoms with van der Waals surface area (Å²) in [5.41, 5.74) is 2.38. The van der Waals surface area contributed by atoms with Gasteiger partial charge in [-0.1, -0.05) is 56.3 Å². The fourth-order valence-corrected chi connectivity index (χ4v) is 5.76. The zero-order valence-corrected chi connectivity index (χ0v) is 25.9. The number of aromatic nitrogens is 3. The Morgan fingerprint density at radius 1 is 0.955 bits per heavy atom. The second-order valence-corrected chi connectivity index (χ2v) is 11.9. The first-order valence-electron chi connectivity index (χ1n) is 15.6. The maximum atomic E-state index is 14.2. The second kappa shape index (κ2) is 14.5. The maximum absolute atomic E-state index is 14.2. The van der Waals surface area contributed by atoms with Crippen LogP contribution in [0.1, 0.15) is 62.3 Å². The summed E-state index contributed by atoms with van der Waals surface area (Å²) >= 11 is 0. The van der Waals surface area contributed by atoms with Crippen LogP contribution in [0.15, 0.2) is 54.6 Å². The Labute approximate surface area is 259 Å². The van der Waals surface area contributed by atoms with Crippen molar-refractivity contribution >= 4 is 23.4 Å². The van der Waals surface area contributed by atoms with Gasteiger partial charge in [-0.3, -0.25) is 14.4 Å². The van der Waals surface area contributed by atoms with Gasteiger partial charge in [-0.25, -0.2) is 9.67 Å². The highest BCUT2D eigenvalue weighted by Gasteiger charge is 2.28. The van der Waals surface area contributed by atoms with E-state index in [1.807, 2.05) is 75.4 Å². The monoisotopic (exact) mass is 601 g/mol. The third-order valence-corrected chi connectivity index (χ3v) is 8.02. The molecule has 234 valence electrons. The van der Waals surface area contributed by atoms with E-state index >= 15 is 0 Å². The maximum Gasteiger partial charge on any atom is 0.256 e. The summed E-state index contributed by atoms with van der Waals surface area (Å²) < 4.78 is 7.33. The van der Waals surface area contributed by atoms with Crippen LogP contribution >= 0.6 is 0 Å². The Hall–Kier alpha value is -4.25. The molecule has 2 atom stereocenters. The average molecular weight is 602 g/mol. The number of anilines is 1. The minimum atomic E-state index is -0.670. The number of nitrogens with zero attached hydrogens (tertiary/aromatic N) is 5. The number of carbonyl (C=O) groups excluding carboxylic acids is 3. The smallest absolute Gasteiger partial charge is 0.256 e. The van der Waals surface area contributed by atoms with E-state index in [-0.39, 0.29) is 30.1 Å². The van der Waals surface area contributed by atoms with Gasteiger partial charge in [-0.15, -0.1) is 0 Å². The number of benzene rings is 2. The minimum absolute atomic E-state index is 0.0939. The van der Waals surface area contributed by atoms with Crippen molar-refractivity contribution in [3.8, 4) is 11.4 Å². The third-order valence-electron chi connectivity index (χ3n) is 8.02. The molecule has 2 aromatic carbocycles. The number of carbonyl (C=O) groups is 3. The predicted molar refractivity (Wildman–Crippen MR) is 168 cm³/mol. The zero-order chi connectivity index (χ0) is 31.1. The minimum Gasteiger partial charge on any atom is -0.378 e. The van der Waals surface area contributed by atoms with E-state index in [1.54, 1.807) is 9.58 Å². The van der Waals surface area contributed by atoms with Crippen LogP contribution in [0.25, 0.3) is 11.4 Å². The molecule has 11 heteroatoms. The Kier molecular flexibility index (Phi) is 10.3. The molecule has 2 aliphatic heterocycles. The van der Waals surface area contributed by atoms with Gasteiger partial charge in [0.05, 0.1) is 31.4 Å². The Morgan fingerprint density at radius 2 is 1.68 bits per heavy atom. The van der Waals surface area contributed by atoms with Gasteiger partial charge < -0.3 is 25.2 Å². The highest BCUT2D eigenvalue weighted by atomic mass is 16.5. The van der Waals surface area contributed by atoms with Gasteiger partial charge in [0.1, 0.15) is 11.9 Å². The van der Waals surface area contributed by atoms with Crippen molar-refractivity contribution in [3.63, 3.8) is 0 Å². The summed E-state index contributed by atoms with van der Waals surface area (Å²) in [5.74, 6) is 0.797. The number of amides is 3. The molecule has 1 aromatic heterocycles. The fourth-order valence-electron chi connectivity index (χ4n) is 5.76. The van der Waals surface area contributed by atoms with E-state index in [0.29, 0.717) is 62.9 Å². The molecule has 11 nitrogen and oxygen atoms in total. The van der Waals surface area contributed by atoms with Gasteiger partial charge in [-0.2, -0.15) is 5.10 Å². The third kappa shape index (κ3) is 7.63. The van der Waals surface area contributed by atoms with Crippen LogP contribution in [-0.2, 0) is 20.9 Å². The van der Waals surface area contributed by atoms with Crippen LogP contribution in [0.2, 0.25) is 0 Å². The van der Waals surface area contributed by atoms with E-state index in [9.17, 15) is 14.4 Å². The number of rotatable bonds is 5. The standard InChI is InChI=1S/C33H43N7O4/c1-23(2)22-27-32(42)34-24(3)31-36-30(25-10-5-4-6-11-25)37-40(31)17-16-39(15-9-14-29(41)35-27)33(43)26-12-7-8-13-28(26)38-18-20-44-21-19-38/h4-8,10-13,23-24,27H,9,14-22H2,1-3H3,(H,34,42)(H,35,41)/t24-,27-/m1/s1. The van der Waals surface area contributed by atoms with Crippen molar-refractivity contribution in [1.29, 1.82) is 0 Å². The van der Waals surface area contributed by atoms with Gasteiger partial charge in [0.25, 0.3) is 5.91 Å². The van der Waals surface area contributed by atoms with Gasteiger partial charge in [0.2, 0.25) is 11.8 Å². The molecule has 44 heavy (non-hydrogen) atoms. The molecule has 0 radical (unpaired) electrons. The number of hydrogen-bond acceptors (Lipinski definition) is 7. The molecule has 0 bridgehead atoms. The lowest BCUT2D eigenvalue weighted by atomic mass is 10.0. The van der Waals surface area contributed by atoms with Crippen molar-refractivity contribution in [3.05, 3.63) is 66.0 Å².